The van der Waals surface area contributed by atoms with E-state index in [9.17, 15) is 23.3 Å². The highest BCUT2D eigenvalue weighted by atomic mass is 19.4. The van der Waals surface area contributed by atoms with E-state index in [0.29, 0.717) is 5.56 Å². The van der Waals surface area contributed by atoms with Crippen LogP contribution in [0.4, 0.5) is 13.2 Å². The summed E-state index contributed by atoms with van der Waals surface area (Å²) in [7, 11) is 0. The molecule has 4 rings (SSSR count). The Labute approximate surface area is 120 Å². The molecule has 0 saturated heterocycles. The van der Waals surface area contributed by atoms with Gasteiger partial charge in [-0.1, -0.05) is 12.1 Å². The molecule has 0 amide bonds. The topological polar surface area (TPSA) is 43.1 Å². The van der Waals surface area contributed by atoms with Crippen molar-refractivity contribution in [1.29, 1.82) is 0 Å². The van der Waals surface area contributed by atoms with E-state index >= 15 is 0 Å². The molecule has 0 radical (unpaired) electrons. The van der Waals surface area contributed by atoms with Crippen molar-refractivity contribution in [3.8, 4) is 0 Å². The van der Waals surface area contributed by atoms with E-state index < -0.39 is 17.8 Å². The highest BCUT2D eigenvalue weighted by Gasteiger charge is 2.51. The van der Waals surface area contributed by atoms with E-state index in [-0.39, 0.29) is 22.7 Å². The average molecular weight is 299 g/mol. The molecule has 2 unspecified atom stereocenters. The Morgan fingerprint density at radius 2 is 1.52 bits per heavy atom. The molecule has 2 bridgehead atoms. The van der Waals surface area contributed by atoms with Crippen LogP contribution in [0.15, 0.2) is 24.3 Å². The molecule has 6 heteroatoms. The summed E-state index contributed by atoms with van der Waals surface area (Å²) in [5.41, 5.74) is -0.0241. The number of halogens is 3. The third kappa shape index (κ3) is 2.51. The molecule has 3 saturated carbocycles. The summed E-state index contributed by atoms with van der Waals surface area (Å²) in [6, 6.07) is 4.27. The van der Waals surface area contributed by atoms with Gasteiger partial charge in [-0.25, -0.2) is 0 Å². The fourth-order valence-electron chi connectivity index (χ4n) is 4.08. The van der Waals surface area contributed by atoms with Crippen LogP contribution in [-0.4, -0.2) is 11.0 Å². The van der Waals surface area contributed by atoms with E-state index in [1.165, 1.54) is 12.1 Å². The van der Waals surface area contributed by atoms with Gasteiger partial charge >= 0.3 is 6.18 Å². The van der Waals surface area contributed by atoms with Crippen LogP contribution in [-0.2, 0) is 6.18 Å². The van der Waals surface area contributed by atoms with Gasteiger partial charge in [-0.05, 0) is 49.3 Å². The normalized spacial score (nSPS) is 32.1. The van der Waals surface area contributed by atoms with Crippen molar-refractivity contribution in [2.45, 2.75) is 43.8 Å². The van der Waals surface area contributed by atoms with Crippen LogP contribution < -0.4 is 0 Å². The van der Waals surface area contributed by atoms with Gasteiger partial charge in [0.25, 0.3) is 0 Å². The highest BCUT2D eigenvalue weighted by Crippen LogP contribution is 2.51. The van der Waals surface area contributed by atoms with Crippen LogP contribution in [0.3, 0.4) is 0 Å². The van der Waals surface area contributed by atoms with Crippen molar-refractivity contribution in [2.75, 3.05) is 0 Å². The molecule has 3 fully saturated rings. The first-order valence-electron chi connectivity index (χ1n) is 7.18. The Hall–Kier alpha value is -1.59. The van der Waals surface area contributed by atoms with Crippen LogP contribution in [0, 0.1) is 22.0 Å². The van der Waals surface area contributed by atoms with Gasteiger partial charge in [-0.2, -0.15) is 13.2 Å². The molecule has 0 aromatic heterocycles. The lowest BCUT2D eigenvalue weighted by Crippen LogP contribution is -2.46. The van der Waals surface area contributed by atoms with Crippen molar-refractivity contribution in [1.82, 2.24) is 0 Å². The molecule has 1 aromatic rings. The minimum Gasteiger partial charge on any atom is -0.264 e. The quantitative estimate of drug-likeness (QED) is 0.605. The summed E-state index contributed by atoms with van der Waals surface area (Å²) in [6.07, 6.45) is -0.741. The molecule has 114 valence electrons. The maximum absolute atomic E-state index is 12.6. The molecule has 21 heavy (non-hydrogen) atoms. The highest BCUT2D eigenvalue weighted by molar-refractivity contribution is 5.29. The van der Waals surface area contributed by atoms with Crippen molar-refractivity contribution in [3.63, 3.8) is 0 Å². The Morgan fingerprint density at radius 3 is 2.00 bits per heavy atom. The first-order chi connectivity index (χ1) is 9.88. The van der Waals surface area contributed by atoms with Gasteiger partial charge < -0.3 is 0 Å². The molecule has 1 aromatic carbocycles. The predicted molar refractivity (Wildman–Crippen MR) is 70.4 cm³/mol. The van der Waals surface area contributed by atoms with E-state index in [1.54, 1.807) is 0 Å². The number of rotatable bonds is 2. The predicted octanol–water partition coefficient (Wildman–Crippen LogP) is 4.25. The average Bonchev–Trinajstić information content (AvgIpc) is 2.46. The second kappa shape index (κ2) is 5.00. The largest absolute Gasteiger partial charge is 0.416 e. The minimum atomic E-state index is -4.37. The first kappa shape index (κ1) is 14.4. The number of hydrogen-bond acceptors (Lipinski definition) is 2. The smallest absolute Gasteiger partial charge is 0.264 e. The molecule has 2 atom stereocenters. The number of hydrogen-bond donors (Lipinski definition) is 0. The molecular weight excluding hydrogens is 283 g/mol. The summed E-state index contributed by atoms with van der Waals surface area (Å²) in [4.78, 5) is 11.2. The molecule has 0 spiro atoms. The standard InChI is InChI=1S/C15H16F3NO2/c16-15(17,18)12-7-5-10(6-8-12)13-9-1-3-11(4-2-9)14(13)19(20)21/h5-9,11,13-14H,1-4H2. The summed E-state index contributed by atoms with van der Waals surface area (Å²) in [5.74, 6) is 0.0502. The first-order valence-corrected chi connectivity index (χ1v) is 7.18. The number of nitro groups is 1. The second-order valence-corrected chi connectivity index (χ2v) is 6.10. The summed E-state index contributed by atoms with van der Waals surface area (Å²) < 4.78 is 37.8. The van der Waals surface area contributed by atoms with E-state index in [1.807, 2.05) is 0 Å². The van der Waals surface area contributed by atoms with Crippen molar-refractivity contribution < 1.29 is 18.1 Å². The van der Waals surface area contributed by atoms with Crippen LogP contribution in [0.1, 0.15) is 42.7 Å². The Bertz CT molecular complexity index is 533. The van der Waals surface area contributed by atoms with Gasteiger partial charge in [0, 0.05) is 10.8 Å². The molecule has 0 aliphatic heterocycles. The lowest BCUT2D eigenvalue weighted by molar-refractivity contribution is -0.545. The van der Waals surface area contributed by atoms with Crippen molar-refractivity contribution in [2.24, 2.45) is 11.8 Å². The van der Waals surface area contributed by atoms with E-state index in [0.717, 1.165) is 37.8 Å². The number of nitrogens with zero attached hydrogens (tertiary/aromatic N) is 1. The lowest BCUT2D eigenvalue weighted by Gasteiger charge is -2.44. The van der Waals surface area contributed by atoms with Gasteiger partial charge in [0.2, 0.25) is 6.04 Å². The van der Waals surface area contributed by atoms with E-state index in [4.69, 9.17) is 0 Å². The van der Waals surface area contributed by atoms with Crippen molar-refractivity contribution in [3.05, 3.63) is 45.5 Å². The molecule has 3 aliphatic carbocycles. The fraction of sp³-hybridized carbons (Fsp3) is 0.600. The SMILES string of the molecule is O=[N+]([O-])C1C2CCC(CC2)C1c1ccc(C(F)(F)F)cc1. The Balaban J connectivity index is 1.92. The number of alkyl halides is 3. The zero-order valence-corrected chi connectivity index (χ0v) is 11.3. The maximum atomic E-state index is 12.6. The second-order valence-electron chi connectivity index (χ2n) is 6.10. The molecule has 3 nitrogen and oxygen atoms in total. The van der Waals surface area contributed by atoms with Crippen LogP contribution in [0.5, 0.6) is 0 Å². The Kier molecular flexibility index (Phi) is 3.42. The van der Waals surface area contributed by atoms with Gasteiger partial charge in [-0.3, -0.25) is 10.1 Å². The summed E-state index contributed by atoms with van der Waals surface area (Å²) >= 11 is 0. The molecular formula is C15H16F3NO2. The molecule has 0 N–H and O–H groups in total. The minimum absolute atomic E-state index is 0.0669. The monoisotopic (exact) mass is 299 g/mol. The number of fused-ring (bicyclic) bond motifs is 3. The van der Waals surface area contributed by atoms with Crippen LogP contribution in [0.2, 0.25) is 0 Å². The number of benzene rings is 1. The van der Waals surface area contributed by atoms with Gasteiger partial charge in [0.15, 0.2) is 0 Å². The van der Waals surface area contributed by atoms with Crippen LogP contribution in [0.25, 0.3) is 0 Å². The summed E-state index contributed by atoms with van der Waals surface area (Å²) in [5, 5.41) is 11.4. The third-order valence-electron chi connectivity index (χ3n) is 5.04. The van der Waals surface area contributed by atoms with E-state index in [2.05, 4.69) is 0 Å². The fourth-order valence-corrected chi connectivity index (χ4v) is 4.08. The van der Waals surface area contributed by atoms with Crippen molar-refractivity contribution >= 4 is 0 Å². The zero-order chi connectivity index (χ0) is 15.2. The molecule has 3 aliphatic rings. The molecule has 0 heterocycles. The van der Waals surface area contributed by atoms with Gasteiger partial charge in [-0.15, -0.1) is 0 Å². The lowest BCUT2D eigenvalue weighted by atomic mass is 9.60. The Morgan fingerprint density at radius 1 is 1.00 bits per heavy atom. The van der Waals surface area contributed by atoms with Gasteiger partial charge in [0.1, 0.15) is 0 Å². The van der Waals surface area contributed by atoms with Gasteiger partial charge in [0.05, 0.1) is 11.5 Å². The maximum Gasteiger partial charge on any atom is 0.416 e. The zero-order valence-electron chi connectivity index (χ0n) is 11.3. The van der Waals surface area contributed by atoms with Crippen LogP contribution >= 0.6 is 0 Å². The third-order valence-corrected chi connectivity index (χ3v) is 5.04. The summed E-state index contributed by atoms with van der Waals surface area (Å²) in [6.45, 7) is 0.